The highest BCUT2D eigenvalue weighted by atomic mass is 16.6. The Labute approximate surface area is 73.0 Å². The van der Waals surface area contributed by atoms with Gasteiger partial charge in [-0.1, -0.05) is 0 Å². The molecule has 0 spiro atoms. The molecule has 0 amide bonds. The van der Waals surface area contributed by atoms with E-state index in [4.69, 9.17) is 9.47 Å². The van der Waals surface area contributed by atoms with E-state index >= 15 is 0 Å². The Kier molecular flexibility index (Phi) is 3.53. The lowest BCUT2D eigenvalue weighted by Gasteiger charge is -2.07. The number of hydrogen-bond donors (Lipinski definition) is 0. The Morgan fingerprint density at radius 2 is 2.08 bits per heavy atom. The average Bonchev–Trinajstić information content (AvgIpc) is 2.79. The predicted molar refractivity (Wildman–Crippen MR) is 44.8 cm³/mol. The predicted octanol–water partition coefficient (Wildman–Crippen LogP) is 1.36. The van der Waals surface area contributed by atoms with Gasteiger partial charge in [-0.05, 0) is 26.7 Å². The molecular formula is C9H16O3. The van der Waals surface area contributed by atoms with Crippen molar-refractivity contribution in [3.63, 3.8) is 0 Å². The van der Waals surface area contributed by atoms with Crippen molar-refractivity contribution in [3.05, 3.63) is 0 Å². The molecule has 1 aliphatic carbocycles. The Morgan fingerprint density at radius 3 is 2.58 bits per heavy atom. The summed E-state index contributed by atoms with van der Waals surface area (Å²) in [6.45, 7) is 4.83. The molecule has 0 aliphatic heterocycles. The van der Waals surface area contributed by atoms with Gasteiger partial charge in [0.05, 0.1) is 18.6 Å². The van der Waals surface area contributed by atoms with Gasteiger partial charge < -0.3 is 9.47 Å². The zero-order valence-corrected chi connectivity index (χ0v) is 7.71. The molecule has 12 heavy (non-hydrogen) atoms. The van der Waals surface area contributed by atoms with E-state index in [1.165, 1.54) is 0 Å². The minimum absolute atomic E-state index is 0.0534. The van der Waals surface area contributed by atoms with Crippen molar-refractivity contribution in [2.75, 3.05) is 13.2 Å². The van der Waals surface area contributed by atoms with Crippen molar-refractivity contribution in [1.82, 2.24) is 0 Å². The van der Waals surface area contributed by atoms with Crippen molar-refractivity contribution in [3.8, 4) is 0 Å². The summed E-state index contributed by atoms with van der Waals surface area (Å²) in [5.74, 6) is 0.145. The lowest BCUT2D eigenvalue weighted by atomic mass is 10.4. The largest absolute Gasteiger partial charge is 0.463 e. The van der Waals surface area contributed by atoms with Gasteiger partial charge in [0, 0.05) is 0 Å². The van der Waals surface area contributed by atoms with Gasteiger partial charge in [0.25, 0.3) is 0 Å². The number of hydrogen-bond acceptors (Lipinski definition) is 3. The third-order valence-electron chi connectivity index (χ3n) is 1.69. The van der Waals surface area contributed by atoms with E-state index in [1.54, 1.807) is 0 Å². The first-order valence-electron chi connectivity index (χ1n) is 4.48. The highest BCUT2D eigenvalue weighted by Gasteiger charge is 2.30. The molecule has 0 aromatic rings. The second-order valence-electron chi connectivity index (χ2n) is 3.36. The third-order valence-corrected chi connectivity index (χ3v) is 1.69. The second-order valence-corrected chi connectivity index (χ2v) is 3.36. The average molecular weight is 172 g/mol. The van der Waals surface area contributed by atoms with Crippen LogP contribution in [0.3, 0.4) is 0 Å². The lowest BCUT2D eigenvalue weighted by Crippen LogP contribution is -2.14. The number of ether oxygens (including phenoxy) is 2. The van der Waals surface area contributed by atoms with Crippen LogP contribution in [0.25, 0.3) is 0 Å². The zero-order chi connectivity index (χ0) is 8.97. The quantitative estimate of drug-likeness (QED) is 0.464. The first-order valence-corrected chi connectivity index (χ1v) is 4.48. The van der Waals surface area contributed by atoms with E-state index < -0.39 is 0 Å². The molecule has 3 heteroatoms. The van der Waals surface area contributed by atoms with Crippen LogP contribution in [0.15, 0.2) is 0 Å². The molecule has 1 rings (SSSR count). The first-order chi connectivity index (χ1) is 5.70. The molecule has 0 aromatic heterocycles. The molecule has 1 aliphatic rings. The molecule has 0 radical (unpaired) electrons. The van der Waals surface area contributed by atoms with Crippen LogP contribution in [0.2, 0.25) is 0 Å². The molecule has 1 fully saturated rings. The van der Waals surface area contributed by atoms with E-state index in [2.05, 4.69) is 0 Å². The zero-order valence-electron chi connectivity index (χ0n) is 7.71. The summed E-state index contributed by atoms with van der Waals surface area (Å²) >= 11 is 0. The molecule has 70 valence electrons. The maximum atomic E-state index is 11.0. The van der Waals surface area contributed by atoms with Crippen molar-refractivity contribution >= 4 is 5.97 Å². The normalized spacial score (nSPS) is 16.6. The third kappa shape index (κ3) is 3.72. The van der Waals surface area contributed by atoms with Crippen LogP contribution in [-0.2, 0) is 14.3 Å². The molecule has 0 unspecified atom stereocenters. The second kappa shape index (κ2) is 4.45. The molecule has 0 heterocycles. The van der Waals surface area contributed by atoms with Crippen molar-refractivity contribution < 1.29 is 14.3 Å². The van der Waals surface area contributed by atoms with Gasteiger partial charge in [-0.25, -0.2) is 0 Å². The summed E-state index contributed by atoms with van der Waals surface area (Å²) in [6, 6.07) is 0. The van der Waals surface area contributed by atoms with E-state index in [9.17, 15) is 4.79 Å². The fourth-order valence-corrected chi connectivity index (χ4v) is 0.863. The van der Waals surface area contributed by atoms with Crippen molar-refractivity contribution in [1.29, 1.82) is 0 Å². The molecule has 0 N–H and O–H groups in total. The van der Waals surface area contributed by atoms with E-state index in [0.717, 1.165) is 12.8 Å². The van der Waals surface area contributed by atoms with Crippen LogP contribution in [0.4, 0.5) is 0 Å². The Morgan fingerprint density at radius 1 is 1.42 bits per heavy atom. The van der Waals surface area contributed by atoms with Crippen LogP contribution in [0, 0.1) is 5.92 Å². The maximum absolute atomic E-state index is 11.0. The minimum Gasteiger partial charge on any atom is -0.463 e. The number of carbonyl (C=O) groups excluding carboxylic acids is 1. The van der Waals surface area contributed by atoms with Crippen molar-refractivity contribution in [2.24, 2.45) is 5.92 Å². The molecule has 0 bridgehead atoms. The van der Waals surface area contributed by atoms with E-state index in [-0.39, 0.29) is 18.0 Å². The molecule has 0 aromatic carbocycles. The van der Waals surface area contributed by atoms with Crippen LogP contribution in [-0.4, -0.2) is 25.3 Å². The fourth-order valence-electron chi connectivity index (χ4n) is 0.863. The Bertz CT molecular complexity index is 150. The van der Waals surface area contributed by atoms with Gasteiger partial charge in [-0.2, -0.15) is 0 Å². The summed E-state index contributed by atoms with van der Waals surface area (Å²) in [6.07, 6.45) is 2.22. The summed E-state index contributed by atoms with van der Waals surface area (Å²) in [5, 5.41) is 0. The fraction of sp³-hybridized carbons (Fsp3) is 0.889. The summed E-state index contributed by atoms with van der Waals surface area (Å²) in [5.41, 5.74) is 0. The molecule has 0 atom stereocenters. The smallest absolute Gasteiger partial charge is 0.309 e. The van der Waals surface area contributed by atoms with Crippen molar-refractivity contribution in [2.45, 2.75) is 32.8 Å². The molecule has 0 saturated heterocycles. The topological polar surface area (TPSA) is 35.5 Å². The monoisotopic (exact) mass is 172 g/mol. The minimum atomic E-state index is -0.0534. The SMILES string of the molecule is CC(C)OCCOC(=O)C1CC1. The lowest BCUT2D eigenvalue weighted by molar-refractivity contribution is -0.147. The Hall–Kier alpha value is -0.570. The highest BCUT2D eigenvalue weighted by molar-refractivity contribution is 5.74. The van der Waals surface area contributed by atoms with Gasteiger partial charge >= 0.3 is 5.97 Å². The maximum Gasteiger partial charge on any atom is 0.309 e. The van der Waals surface area contributed by atoms with Gasteiger partial charge in [-0.3, -0.25) is 4.79 Å². The van der Waals surface area contributed by atoms with Gasteiger partial charge in [0.15, 0.2) is 0 Å². The summed E-state index contributed by atoms with van der Waals surface area (Å²) < 4.78 is 10.2. The first kappa shape index (κ1) is 9.52. The summed E-state index contributed by atoms with van der Waals surface area (Å²) in [4.78, 5) is 11.0. The van der Waals surface area contributed by atoms with Gasteiger partial charge in [0.2, 0.25) is 0 Å². The van der Waals surface area contributed by atoms with Gasteiger partial charge in [-0.15, -0.1) is 0 Å². The van der Waals surface area contributed by atoms with Gasteiger partial charge in [0.1, 0.15) is 6.61 Å². The standard InChI is InChI=1S/C9H16O3/c1-7(2)11-5-6-12-9(10)8-3-4-8/h7-8H,3-6H2,1-2H3. The number of rotatable bonds is 5. The van der Waals surface area contributed by atoms with Crippen LogP contribution in [0.1, 0.15) is 26.7 Å². The van der Waals surface area contributed by atoms with E-state index in [1.807, 2.05) is 13.8 Å². The molecular weight excluding hydrogens is 156 g/mol. The summed E-state index contributed by atoms with van der Waals surface area (Å²) in [7, 11) is 0. The van der Waals surface area contributed by atoms with E-state index in [0.29, 0.717) is 13.2 Å². The van der Waals surface area contributed by atoms with Crippen LogP contribution in [0.5, 0.6) is 0 Å². The molecule has 1 saturated carbocycles. The highest BCUT2D eigenvalue weighted by Crippen LogP contribution is 2.29. The molecule has 3 nitrogen and oxygen atoms in total. The number of esters is 1. The van der Waals surface area contributed by atoms with Crippen LogP contribution < -0.4 is 0 Å². The number of carbonyl (C=O) groups is 1. The van der Waals surface area contributed by atoms with Crippen LogP contribution >= 0.6 is 0 Å². The Balaban J connectivity index is 1.91.